The highest BCUT2D eigenvalue weighted by Crippen LogP contribution is 2.29. The maximum absolute atomic E-state index is 12.2. The maximum atomic E-state index is 12.2. The van der Waals surface area contributed by atoms with Crippen molar-refractivity contribution in [1.82, 2.24) is 10.2 Å². The van der Waals surface area contributed by atoms with Crippen LogP contribution in [0.15, 0.2) is 22.5 Å². The summed E-state index contributed by atoms with van der Waals surface area (Å²) in [4.78, 5) is 12.2. The van der Waals surface area contributed by atoms with Crippen molar-refractivity contribution in [2.45, 2.75) is 11.3 Å². The van der Waals surface area contributed by atoms with Crippen molar-refractivity contribution in [1.29, 1.82) is 0 Å². The van der Waals surface area contributed by atoms with Gasteiger partial charge in [0.1, 0.15) is 16.5 Å². The first-order valence-corrected chi connectivity index (χ1v) is 7.01. The van der Waals surface area contributed by atoms with E-state index in [9.17, 15) is 4.79 Å². The molecule has 0 aliphatic carbocycles. The van der Waals surface area contributed by atoms with Crippen molar-refractivity contribution < 1.29 is 14.3 Å². The number of hydrogen-bond acceptors (Lipinski definition) is 7. The molecule has 0 aliphatic rings. The number of nitrogens with zero attached hydrogens (tertiary/aromatic N) is 2. The largest absolute Gasteiger partial charge is 0.497 e. The molecule has 5 nitrogen and oxygen atoms in total. The van der Waals surface area contributed by atoms with E-state index in [1.54, 1.807) is 32.4 Å². The minimum Gasteiger partial charge on any atom is -0.497 e. The summed E-state index contributed by atoms with van der Waals surface area (Å²) in [5.41, 5.74) is 0.508. The van der Waals surface area contributed by atoms with Crippen LogP contribution >= 0.6 is 23.1 Å². The normalized spacial score (nSPS) is 10.3. The van der Waals surface area contributed by atoms with E-state index in [2.05, 4.69) is 10.2 Å². The molecule has 0 saturated carbocycles. The molecule has 1 heterocycles. The zero-order chi connectivity index (χ0) is 13.8. The summed E-state index contributed by atoms with van der Waals surface area (Å²) < 4.78 is 10.9. The smallest absolute Gasteiger partial charge is 0.226 e. The Morgan fingerprint density at radius 1 is 1.16 bits per heavy atom. The molecule has 2 aromatic rings. The Morgan fingerprint density at radius 3 is 2.26 bits per heavy atom. The highest BCUT2D eigenvalue weighted by atomic mass is 32.2. The third-order valence-corrected chi connectivity index (χ3v) is 4.09. The van der Waals surface area contributed by atoms with E-state index < -0.39 is 0 Å². The summed E-state index contributed by atoms with van der Waals surface area (Å²) in [6, 6.07) is 5.06. The summed E-state index contributed by atoms with van der Waals surface area (Å²) >= 11 is 2.44. The number of aromatic nitrogens is 2. The average Bonchev–Trinajstić information content (AvgIpc) is 2.83. The molecule has 19 heavy (non-hydrogen) atoms. The minimum absolute atomic E-state index is 0.117. The van der Waals surface area contributed by atoms with Crippen LogP contribution in [0.1, 0.15) is 15.4 Å². The molecule has 0 spiro atoms. The first-order valence-electron chi connectivity index (χ1n) is 5.37. The average molecular weight is 296 g/mol. The molecule has 1 aromatic carbocycles. The molecule has 0 bridgehead atoms. The van der Waals surface area contributed by atoms with Crippen LogP contribution in [-0.2, 0) is 0 Å². The van der Waals surface area contributed by atoms with Crippen LogP contribution in [0.3, 0.4) is 0 Å². The number of benzene rings is 1. The van der Waals surface area contributed by atoms with E-state index in [4.69, 9.17) is 9.47 Å². The lowest BCUT2D eigenvalue weighted by Gasteiger charge is -2.06. The van der Waals surface area contributed by atoms with E-state index >= 15 is 0 Å². The van der Waals surface area contributed by atoms with Gasteiger partial charge in [-0.1, -0.05) is 11.3 Å². The van der Waals surface area contributed by atoms with Gasteiger partial charge in [0.15, 0.2) is 4.34 Å². The van der Waals surface area contributed by atoms with Gasteiger partial charge in [-0.05, 0) is 30.8 Å². The fraction of sp³-hybridized carbons (Fsp3) is 0.250. The van der Waals surface area contributed by atoms with E-state index in [1.807, 2.05) is 6.92 Å². The van der Waals surface area contributed by atoms with Crippen molar-refractivity contribution in [3.05, 3.63) is 28.8 Å². The van der Waals surface area contributed by atoms with Gasteiger partial charge >= 0.3 is 0 Å². The summed E-state index contributed by atoms with van der Waals surface area (Å²) in [6.07, 6.45) is 0. The van der Waals surface area contributed by atoms with Gasteiger partial charge in [-0.25, -0.2) is 0 Å². The van der Waals surface area contributed by atoms with Gasteiger partial charge in [0.2, 0.25) is 5.12 Å². The van der Waals surface area contributed by atoms with Crippen LogP contribution in [0.5, 0.6) is 11.5 Å². The highest BCUT2D eigenvalue weighted by molar-refractivity contribution is 8.15. The SMILES string of the molecule is COc1cc(OC)cc(C(=O)Sc2nnc(C)s2)c1. The van der Waals surface area contributed by atoms with Gasteiger partial charge in [-0.3, -0.25) is 4.79 Å². The van der Waals surface area contributed by atoms with Gasteiger partial charge in [-0.2, -0.15) is 0 Å². The van der Waals surface area contributed by atoms with Crippen LogP contribution in [0.25, 0.3) is 0 Å². The molecule has 0 saturated heterocycles. The number of aryl methyl sites for hydroxylation is 1. The molecule has 0 amide bonds. The third-order valence-electron chi connectivity index (χ3n) is 2.27. The first-order chi connectivity index (χ1) is 9.12. The molecule has 0 unspecified atom stereocenters. The maximum Gasteiger partial charge on any atom is 0.226 e. The molecule has 0 fully saturated rings. The summed E-state index contributed by atoms with van der Waals surface area (Å²) in [5.74, 6) is 1.16. The molecule has 2 rings (SSSR count). The van der Waals surface area contributed by atoms with Crippen LogP contribution in [0.4, 0.5) is 0 Å². The Hall–Kier alpha value is -1.60. The predicted octanol–water partition coefficient (Wildman–Crippen LogP) is 2.80. The van der Waals surface area contributed by atoms with Crippen molar-refractivity contribution in [3.8, 4) is 11.5 Å². The summed E-state index contributed by atoms with van der Waals surface area (Å²) in [5, 5.41) is 8.51. The number of methoxy groups -OCH3 is 2. The van der Waals surface area contributed by atoms with Gasteiger partial charge < -0.3 is 9.47 Å². The number of carbonyl (C=O) groups excluding carboxylic acids is 1. The lowest BCUT2D eigenvalue weighted by Crippen LogP contribution is -1.96. The predicted molar refractivity (Wildman–Crippen MR) is 74.4 cm³/mol. The summed E-state index contributed by atoms with van der Waals surface area (Å²) in [6.45, 7) is 1.85. The van der Waals surface area contributed by atoms with Crippen LogP contribution < -0.4 is 9.47 Å². The fourth-order valence-electron chi connectivity index (χ4n) is 1.38. The van der Waals surface area contributed by atoms with Crippen molar-refractivity contribution >= 4 is 28.2 Å². The quantitative estimate of drug-likeness (QED) is 0.809. The van der Waals surface area contributed by atoms with Gasteiger partial charge in [0, 0.05) is 11.6 Å². The second-order valence-electron chi connectivity index (χ2n) is 3.58. The van der Waals surface area contributed by atoms with Crippen molar-refractivity contribution in [2.75, 3.05) is 14.2 Å². The van der Waals surface area contributed by atoms with Crippen LogP contribution in [-0.4, -0.2) is 29.5 Å². The van der Waals surface area contributed by atoms with Gasteiger partial charge in [0.25, 0.3) is 0 Å². The van der Waals surface area contributed by atoms with Gasteiger partial charge in [0.05, 0.1) is 14.2 Å². The number of carbonyl (C=O) groups is 1. The number of ether oxygens (including phenoxy) is 2. The molecule has 1 aromatic heterocycles. The second-order valence-corrected chi connectivity index (χ2v) is 5.98. The number of rotatable bonds is 4. The Balaban J connectivity index is 2.22. The fourth-order valence-corrected chi connectivity index (χ4v) is 3.03. The molecular weight excluding hydrogens is 284 g/mol. The molecule has 0 atom stereocenters. The minimum atomic E-state index is -0.117. The number of thioether (sulfide) groups is 1. The molecule has 7 heteroatoms. The summed E-state index contributed by atoms with van der Waals surface area (Å²) in [7, 11) is 3.09. The van der Waals surface area contributed by atoms with Gasteiger partial charge in [-0.15, -0.1) is 10.2 Å². The monoisotopic (exact) mass is 296 g/mol. The lowest BCUT2D eigenvalue weighted by molar-refractivity contribution is 0.108. The topological polar surface area (TPSA) is 61.3 Å². The second kappa shape index (κ2) is 6.03. The highest BCUT2D eigenvalue weighted by Gasteiger charge is 2.14. The van der Waals surface area contributed by atoms with Crippen molar-refractivity contribution in [3.63, 3.8) is 0 Å². The molecular formula is C12H12N2O3S2. The molecule has 0 N–H and O–H groups in total. The Labute approximate surface area is 119 Å². The zero-order valence-corrected chi connectivity index (χ0v) is 12.3. The molecule has 0 aliphatic heterocycles. The van der Waals surface area contributed by atoms with E-state index in [-0.39, 0.29) is 5.12 Å². The lowest BCUT2D eigenvalue weighted by atomic mass is 10.2. The third kappa shape index (κ3) is 3.45. The van der Waals surface area contributed by atoms with E-state index in [0.717, 1.165) is 16.8 Å². The van der Waals surface area contributed by atoms with E-state index in [0.29, 0.717) is 21.4 Å². The van der Waals surface area contributed by atoms with Crippen LogP contribution in [0.2, 0.25) is 0 Å². The van der Waals surface area contributed by atoms with Crippen LogP contribution in [0, 0.1) is 6.92 Å². The Morgan fingerprint density at radius 2 is 1.79 bits per heavy atom. The molecule has 100 valence electrons. The molecule has 0 radical (unpaired) electrons. The van der Waals surface area contributed by atoms with Crippen molar-refractivity contribution in [2.24, 2.45) is 0 Å². The first kappa shape index (κ1) is 13.8. The zero-order valence-electron chi connectivity index (χ0n) is 10.7. The Bertz CT molecular complexity index is 576. The number of hydrogen-bond donors (Lipinski definition) is 0. The standard InChI is InChI=1S/C12H12N2O3S2/c1-7-13-14-12(18-7)19-11(15)8-4-9(16-2)6-10(5-8)17-3/h4-6H,1-3H3. The van der Waals surface area contributed by atoms with E-state index in [1.165, 1.54) is 11.3 Å². The Kier molecular flexibility index (Phi) is 4.39.